The molecular weight excluding hydrogens is 390 g/mol. The molecule has 1 aromatic carbocycles. The Morgan fingerprint density at radius 2 is 1.83 bits per heavy atom. The van der Waals surface area contributed by atoms with Crippen LogP contribution in [-0.4, -0.2) is 67.6 Å². The van der Waals surface area contributed by atoms with E-state index in [2.05, 4.69) is 16.3 Å². The Bertz CT molecular complexity index is 848. The van der Waals surface area contributed by atoms with Crippen LogP contribution in [0.4, 0.5) is 0 Å². The van der Waals surface area contributed by atoms with Crippen LogP contribution in [0.15, 0.2) is 35.7 Å². The van der Waals surface area contributed by atoms with Crippen molar-refractivity contribution in [3.8, 4) is 11.5 Å². The zero-order valence-electron chi connectivity index (χ0n) is 16.3. The third-order valence-corrected chi connectivity index (χ3v) is 5.98. The molecule has 0 bridgehead atoms. The van der Waals surface area contributed by atoms with Crippen molar-refractivity contribution in [3.05, 3.63) is 46.2 Å². The van der Waals surface area contributed by atoms with Gasteiger partial charge in [0.1, 0.15) is 13.2 Å². The van der Waals surface area contributed by atoms with E-state index in [1.165, 1.54) is 16.9 Å². The number of hydrogen-bond acceptors (Lipinski definition) is 6. The number of amides is 2. The van der Waals surface area contributed by atoms with E-state index in [4.69, 9.17) is 9.47 Å². The molecular formula is C21H25N3O4S. The number of nitrogens with one attached hydrogen (secondary N) is 1. The molecule has 8 heteroatoms. The lowest BCUT2D eigenvalue weighted by molar-refractivity contribution is -0.132. The number of hydrogen-bond donors (Lipinski definition) is 1. The van der Waals surface area contributed by atoms with Crippen molar-refractivity contribution in [3.63, 3.8) is 0 Å². The van der Waals surface area contributed by atoms with Crippen LogP contribution in [0.25, 0.3) is 0 Å². The molecule has 1 aromatic heterocycles. The second-order valence-electron chi connectivity index (χ2n) is 7.12. The van der Waals surface area contributed by atoms with Crippen LogP contribution in [0.3, 0.4) is 0 Å². The third kappa shape index (κ3) is 5.07. The summed E-state index contributed by atoms with van der Waals surface area (Å²) in [5.74, 6) is 1.60. The largest absolute Gasteiger partial charge is 0.486 e. The van der Waals surface area contributed by atoms with Gasteiger partial charge in [-0.15, -0.1) is 11.3 Å². The number of benzene rings is 1. The van der Waals surface area contributed by atoms with E-state index in [9.17, 15) is 9.59 Å². The number of piperazine rings is 1. The van der Waals surface area contributed by atoms with Crippen molar-refractivity contribution in [2.45, 2.75) is 13.0 Å². The predicted molar refractivity (Wildman–Crippen MR) is 111 cm³/mol. The average Bonchev–Trinajstić information content (AvgIpc) is 3.29. The van der Waals surface area contributed by atoms with Crippen molar-refractivity contribution in [2.75, 3.05) is 45.9 Å². The summed E-state index contributed by atoms with van der Waals surface area (Å²) in [5.41, 5.74) is 1.19. The van der Waals surface area contributed by atoms with Crippen LogP contribution >= 0.6 is 11.3 Å². The maximum Gasteiger partial charge on any atom is 0.261 e. The molecule has 7 nitrogen and oxygen atoms in total. The molecule has 154 valence electrons. The van der Waals surface area contributed by atoms with Crippen molar-refractivity contribution in [2.24, 2.45) is 0 Å². The van der Waals surface area contributed by atoms with Crippen LogP contribution in [-0.2, 0) is 11.3 Å². The molecule has 29 heavy (non-hydrogen) atoms. The normalized spacial score (nSPS) is 16.5. The molecule has 2 aliphatic rings. The molecule has 0 unspecified atom stereocenters. The van der Waals surface area contributed by atoms with Crippen LogP contribution < -0.4 is 14.8 Å². The first-order chi connectivity index (χ1) is 14.2. The highest BCUT2D eigenvalue weighted by Crippen LogP contribution is 2.31. The summed E-state index contributed by atoms with van der Waals surface area (Å²) < 4.78 is 11.2. The van der Waals surface area contributed by atoms with Crippen LogP contribution in [0, 0.1) is 0 Å². The number of rotatable bonds is 6. The first-order valence-electron chi connectivity index (χ1n) is 9.89. The smallest absolute Gasteiger partial charge is 0.261 e. The maximum atomic E-state index is 12.4. The molecule has 4 rings (SSSR count). The molecule has 0 spiro atoms. The Hall–Kier alpha value is -2.58. The lowest BCUT2D eigenvalue weighted by atomic mass is 10.1. The van der Waals surface area contributed by atoms with Crippen molar-refractivity contribution < 1.29 is 19.1 Å². The number of nitrogens with zero attached hydrogens (tertiary/aromatic N) is 2. The Kier molecular flexibility index (Phi) is 6.31. The van der Waals surface area contributed by atoms with Gasteiger partial charge in [0.15, 0.2) is 11.5 Å². The molecule has 0 saturated carbocycles. The van der Waals surface area contributed by atoms with Crippen LogP contribution in [0.1, 0.15) is 21.7 Å². The first kappa shape index (κ1) is 19.7. The minimum absolute atomic E-state index is 0.0930. The van der Waals surface area contributed by atoms with Gasteiger partial charge in [-0.3, -0.25) is 14.5 Å². The van der Waals surface area contributed by atoms with Gasteiger partial charge in [-0.05, 0) is 29.1 Å². The Labute approximate surface area is 174 Å². The van der Waals surface area contributed by atoms with Gasteiger partial charge in [0.05, 0.1) is 4.88 Å². The first-order valence-corrected chi connectivity index (χ1v) is 10.8. The van der Waals surface area contributed by atoms with Crippen molar-refractivity contribution in [1.29, 1.82) is 0 Å². The topological polar surface area (TPSA) is 71.1 Å². The summed E-state index contributed by atoms with van der Waals surface area (Å²) in [4.78, 5) is 29.2. The molecule has 3 heterocycles. The molecule has 0 atom stereocenters. The summed E-state index contributed by atoms with van der Waals surface area (Å²) in [6.45, 7) is 5.47. The Morgan fingerprint density at radius 3 is 2.59 bits per heavy atom. The van der Waals surface area contributed by atoms with Gasteiger partial charge >= 0.3 is 0 Å². The zero-order chi connectivity index (χ0) is 20.1. The van der Waals surface area contributed by atoms with Gasteiger partial charge in [0.2, 0.25) is 5.91 Å². The van der Waals surface area contributed by atoms with E-state index in [1.807, 2.05) is 28.5 Å². The summed E-state index contributed by atoms with van der Waals surface area (Å²) >= 11 is 1.40. The monoisotopic (exact) mass is 415 g/mol. The number of carbonyl (C=O) groups is 2. The quantitative estimate of drug-likeness (QED) is 0.781. The fourth-order valence-electron chi connectivity index (χ4n) is 3.54. The Morgan fingerprint density at radius 1 is 1.03 bits per heavy atom. The van der Waals surface area contributed by atoms with Crippen molar-refractivity contribution in [1.82, 2.24) is 15.1 Å². The zero-order valence-corrected chi connectivity index (χ0v) is 17.1. The second-order valence-corrected chi connectivity index (χ2v) is 8.07. The molecule has 1 fully saturated rings. The molecule has 0 aliphatic carbocycles. The maximum absolute atomic E-state index is 12.4. The standard InChI is InChI=1S/C21H25N3O4S/c25-20(5-6-22-21(26)19-2-1-13-29-19)24-9-7-23(8-10-24)15-16-3-4-17-18(14-16)28-12-11-27-17/h1-4,13-14H,5-12,15H2,(H,22,26). The predicted octanol–water partition coefficient (Wildman–Crippen LogP) is 1.98. The van der Waals surface area contributed by atoms with Crippen LogP contribution in [0.5, 0.6) is 11.5 Å². The minimum atomic E-state index is -0.114. The summed E-state index contributed by atoms with van der Waals surface area (Å²) in [6.07, 6.45) is 0.333. The van der Waals surface area contributed by atoms with Crippen LogP contribution in [0.2, 0.25) is 0 Å². The molecule has 2 aromatic rings. The second kappa shape index (κ2) is 9.28. The number of ether oxygens (including phenoxy) is 2. The molecule has 2 aliphatic heterocycles. The number of carbonyl (C=O) groups excluding carboxylic acids is 2. The summed E-state index contributed by atoms with van der Waals surface area (Å²) in [5, 5.41) is 4.68. The molecule has 1 N–H and O–H groups in total. The fourth-order valence-corrected chi connectivity index (χ4v) is 4.18. The third-order valence-electron chi connectivity index (χ3n) is 5.11. The molecule has 2 amide bonds. The summed E-state index contributed by atoms with van der Waals surface area (Å²) in [6, 6.07) is 9.70. The van der Waals surface area contributed by atoms with Gasteiger partial charge in [0.25, 0.3) is 5.91 Å². The average molecular weight is 416 g/mol. The highest BCUT2D eigenvalue weighted by molar-refractivity contribution is 7.12. The molecule has 0 radical (unpaired) electrons. The van der Waals surface area contributed by atoms with E-state index in [0.29, 0.717) is 44.1 Å². The Balaban J connectivity index is 1.19. The number of thiophene rings is 1. The SMILES string of the molecule is O=C(NCCC(=O)N1CCN(Cc2ccc3c(c2)OCCO3)CC1)c1cccs1. The van der Waals surface area contributed by atoms with E-state index in [1.54, 1.807) is 6.07 Å². The van der Waals surface area contributed by atoms with E-state index >= 15 is 0 Å². The lowest BCUT2D eigenvalue weighted by Gasteiger charge is -2.35. The fraction of sp³-hybridized carbons (Fsp3) is 0.429. The van der Waals surface area contributed by atoms with Gasteiger partial charge in [-0.2, -0.15) is 0 Å². The van der Waals surface area contributed by atoms with E-state index in [0.717, 1.165) is 31.1 Å². The molecule has 1 saturated heterocycles. The van der Waals surface area contributed by atoms with Crippen molar-refractivity contribution >= 4 is 23.2 Å². The highest BCUT2D eigenvalue weighted by Gasteiger charge is 2.21. The van der Waals surface area contributed by atoms with E-state index in [-0.39, 0.29) is 11.8 Å². The van der Waals surface area contributed by atoms with Gasteiger partial charge in [-0.25, -0.2) is 0 Å². The highest BCUT2D eigenvalue weighted by atomic mass is 32.1. The lowest BCUT2D eigenvalue weighted by Crippen LogP contribution is -2.48. The van der Waals surface area contributed by atoms with Gasteiger partial charge in [-0.1, -0.05) is 12.1 Å². The van der Waals surface area contributed by atoms with Gasteiger partial charge in [0, 0.05) is 45.7 Å². The minimum Gasteiger partial charge on any atom is -0.486 e. The van der Waals surface area contributed by atoms with E-state index < -0.39 is 0 Å². The summed E-state index contributed by atoms with van der Waals surface area (Å²) in [7, 11) is 0. The number of fused-ring (bicyclic) bond motifs is 1. The van der Waals surface area contributed by atoms with Gasteiger partial charge < -0.3 is 19.7 Å².